The normalized spacial score (nSPS) is 26.8. The van der Waals surface area contributed by atoms with E-state index < -0.39 is 29.4 Å². The predicted octanol–water partition coefficient (Wildman–Crippen LogP) is 3.06. The van der Waals surface area contributed by atoms with Crippen molar-refractivity contribution in [3.8, 4) is 0 Å². The van der Waals surface area contributed by atoms with Crippen LogP contribution in [-0.2, 0) is 4.79 Å². The van der Waals surface area contributed by atoms with Crippen LogP contribution in [0.2, 0.25) is 0 Å². The molecule has 0 spiro atoms. The largest absolute Gasteiger partial charge is 0.388 e. The van der Waals surface area contributed by atoms with Crippen molar-refractivity contribution in [3.63, 3.8) is 0 Å². The number of aliphatic hydroxyl groups is 1. The number of piperidine rings is 1. The Bertz CT molecular complexity index is 911. The van der Waals surface area contributed by atoms with Crippen molar-refractivity contribution >= 4 is 11.8 Å². The van der Waals surface area contributed by atoms with Gasteiger partial charge < -0.3 is 15.3 Å². The van der Waals surface area contributed by atoms with Gasteiger partial charge in [0.25, 0.3) is 5.91 Å². The lowest BCUT2D eigenvalue weighted by molar-refractivity contribution is -0.128. The summed E-state index contributed by atoms with van der Waals surface area (Å²) in [4.78, 5) is 27.4. The van der Waals surface area contributed by atoms with Crippen molar-refractivity contribution in [2.45, 2.75) is 43.9 Å². The van der Waals surface area contributed by atoms with Crippen LogP contribution in [0.4, 0.5) is 4.39 Å². The van der Waals surface area contributed by atoms with E-state index in [1.54, 1.807) is 24.0 Å². The van der Waals surface area contributed by atoms with Gasteiger partial charge in [-0.3, -0.25) is 9.59 Å². The minimum absolute atomic E-state index is 0.0118. The van der Waals surface area contributed by atoms with Gasteiger partial charge in [-0.1, -0.05) is 42.5 Å². The first-order valence-electron chi connectivity index (χ1n) is 10.0. The van der Waals surface area contributed by atoms with Crippen molar-refractivity contribution in [1.29, 1.82) is 0 Å². The summed E-state index contributed by atoms with van der Waals surface area (Å²) in [5, 5.41) is 14.1. The molecule has 2 amide bonds. The molecular weight excluding hydrogens is 371 g/mol. The van der Waals surface area contributed by atoms with Gasteiger partial charge in [-0.25, -0.2) is 4.39 Å². The molecule has 0 aromatic heterocycles. The van der Waals surface area contributed by atoms with Gasteiger partial charge in [0.2, 0.25) is 5.91 Å². The zero-order valence-electron chi connectivity index (χ0n) is 16.3. The molecule has 2 aromatic carbocycles. The standard InChI is InChI=1S/C23H25FN2O3/c1-23(29)13-14-26(22(28)17-9-5-6-10-18(17)24)19(15-7-3-2-4-8-15)20(23)25-21(27)16-11-12-16/h2-10,16,19-20,29H,11-14H2,1H3,(H,25,27)/t19-,20-,23+/m0/s1. The van der Waals surface area contributed by atoms with E-state index in [1.807, 2.05) is 30.3 Å². The first-order valence-corrected chi connectivity index (χ1v) is 10.0. The third-order valence-electron chi connectivity index (χ3n) is 5.93. The monoisotopic (exact) mass is 396 g/mol. The van der Waals surface area contributed by atoms with Crippen LogP contribution in [0.3, 0.4) is 0 Å². The van der Waals surface area contributed by atoms with E-state index in [-0.39, 0.29) is 30.4 Å². The van der Waals surface area contributed by atoms with E-state index in [9.17, 15) is 19.1 Å². The lowest BCUT2D eigenvalue weighted by atomic mass is 9.79. The van der Waals surface area contributed by atoms with Crippen LogP contribution in [0.5, 0.6) is 0 Å². The number of halogens is 1. The number of likely N-dealkylation sites (tertiary alicyclic amines) is 1. The third-order valence-corrected chi connectivity index (χ3v) is 5.93. The number of rotatable bonds is 4. The summed E-state index contributed by atoms with van der Waals surface area (Å²) in [6, 6.07) is 13.9. The summed E-state index contributed by atoms with van der Waals surface area (Å²) in [5.41, 5.74) is -0.419. The number of carbonyl (C=O) groups is 2. The van der Waals surface area contributed by atoms with Crippen LogP contribution in [0, 0.1) is 11.7 Å². The van der Waals surface area contributed by atoms with Crippen molar-refractivity contribution in [2.24, 2.45) is 5.92 Å². The van der Waals surface area contributed by atoms with Crippen LogP contribution in [0.25, 0.3) is 0 Å². The number of carbonyl (C=O) groups excluding carboxylic acids is 2. The molecule has 4 rings (SSSR count). The second kappa shape index (κ2) is 7.59. The topological polar surface area (TPSA) is 69.6 Å². The third kappa shape index (κ3) is 3.90. The SMILES string of the molecule is C[C@@]1(O)CCN(C(=O)c2ccccc2F)[C@@H](c2ccccc2)[C@@H]1NC(=O)C1CC1. The van der Waals surface area contributed by atoms with E-state index in [4.69, 9.17) is 0 Å². The van der Waals surface area contributed by atoms with Gasteiger partial charge in [0.1, 0.15) is 5.82 Å². The maximum absolute atomic E-state index is 14.3. The maximum atomic E-state index is 14.3. The smallest absolute Gasteiger partial charge is 0.257 e. The minimum Gasteiger partial charge on any atom is -0.388 e. The van der Waals surface area contributed by atoms with Crippen LogP contribution < -0.4 is 5.32 Å². The van der Waals surface area contributed by atoms with E-state index in [0.29, 0.717) is 0 Å². The summed E-state index contributed by atoms with van der Waals surface area (Å²) in [7, 11) is 0. The van der Waals surface area contributed by atoms with Gasteiger partial charge in [0, 0.05) is 12.5 Å². The molecule has 5 nitrogen and oxygen atoms in total. The van der Waals surface area contributed by atoms with Crippen molar-refractivity contribution in [1.82, 2.24) is 10.2 Å². The molecule has 3 atom stereocenters. The van der Waals surface area contributed by atoms with Crippen molar-refractivity contribution < 1.29 is 19.1 Å². The van der Waals surface area contributed by atoms with Gasteiger partial charge in [0.05, 0.1) is 23.2 Å². The lowest BCUT2D eigenvalue weighted by Crippen LogP contribution is -2.63. The van der Waals surface area contributed by atoms with Gasteiger partial charge in [-0.15, -0.1) is 0 Å². The molecule has 0 bridgehead atoms. The molecule has 1 aliphatic carbocycles. The fourth-order valence-corrected chi connectivity index (χ4v) is 4.05. The molecule has 2 N–H and O–H groups in total. The first-order chi connectivity index (χ1) is 13.9. The van der Waals surface area contributed by atoms with Gasteiger partial charge in [-0.2, -0.15) is 0 Å². The highest BCUT2D eigenvalue weighted by atomic mass is 19.1. The average Bonchev–Trinajstić information content (AvgIpc) is 3.55. The molecule has 0 radical (unpaired) electrons. The van der Waals surface area contributed by atoms with Gasteiger partial charge >= 0.3 is 0 Å². The molecule has 29 heavy (non-hydrogen) atoms. The highest BCUT2D eigenvalue weighted by Crippen LogP contribution is 2.39. The highest BCUT2D eigenvalue weighted by Gasteiger charge is 2.49. The summed E-state index contributed by atoms with van der Waals surface area (Å²) in [6.45, 7) is 1.95. The lowest BCUT2D eigenvalue weighted by Gasteiger charge is -2.49. The maximum Gasteiger partial charge on any atom is 0.257 e. The van der Waals surface area contributed by atoms with Crippen molar-refractivity contribution in [2.75, 3.05) is 6.54 Å². The minimum atomic E-state index is -1.20. The summed E-state index contributed by atoms with van der Waals surface area (Å²) in [5.74, 6) is -1.16. The average molecular weight is 396 g/mol. The summed E-state index contributed by atoms with van der Waals surface area (Å²) >= 11 is 0. The number of hydrogen-bond acceptors (Lipinski definition) is 3. The van der Waals surface area contributed by atoms with Crippen LogP contribution >= 0.6 is 0 Å². The number of nitrogens with zero attached hydrogens (tertiary/aromatic N) is 1. The van der Waals surface area contributed by atoms with E-state index in [1.165, 1.54) is 12.1 Å². The van der Waals surface area contributed by atoms with Gasteiger partial charge in [0.15, 0.2) is 0 Å². The molecular formula is C23H25FN2O3. The first kappa shape index (κ1) is 19.6. The van der Waals surface area contributed by atoms with Crippen LogP contribution in [0.15, 0.2) is 54.6 Å². The Kier molecular flexibility index (Phi) is 5.13. The number of benzene rings is 2. The van der Waals surface area contributed by atoms with Crippen molar-refractivity contribution in [3.05, 3.63) is 71.5 Å². The zero-order chi connectivity index (χ0) is 20.6. The fraction of sp³-hybridized carbons (Fsp3) is 0.391. The molecule has 2 aliphatic rings. The summed E-state index contributed by atoms with van der Waals surface area (Å²) < 4.78 is 14.3. The second-order valence-corrected chi connectivity index (χ2v) is 8.20. The number of hydrogen-bond donors (Lipinski definition) is 2. The second-order valence-electron chi connectivity index (χ2n) is 8.20. The highest BCUT2D eigenvalue weighted by molar-refractivity contribution is 5.95. The van der Waals surface area contributed by atoms with Crippen LogP contribution in [-0.4, -0.2) is 40.0 Å². The molecule has 152 valence electrons. The molecule has 0 unspecified atom stereocenters. The quantitative estimate of drug-likeness (QED) is 0.835. The molecule has 1 saturated carbocycles. The Balaban J connectivity index is 1.74. The Morgan fingerprint density at radius 3 is 2.41 bits per heavy atom. The van der Waals surface area contributed by atoms with E-state index in [2.05, 4.69) is 5.32 Å². The number of nitrogens with one attached hydrogen (secondary N) is 1. The van der Waals surface area contributed by atoms with E-state index in [0.717, 1.165) is 18.4 Å². The molecule has 1 saturated heterocycles. The molecule has 2 aromatic rings. The summed E-state index contributed by atoms with van der Waals surface area (Å²) in [6.07, 6.45) is 1.97. The molecule has 2 fully saturated rings. The Hall–Kier alpha value is -2.73. The predicted molar refractivity (Wildman–Crippen MR) is 107 cm³/mol. The Labute approximate surface area is 169 Å². The zero-order valence-corrected chi connectivity index (χ0v) is 16.3. The van der Waals surface area contributed by atoms with Crippen LogP contribution in [0.1, 0.15) is 48.1 Å². The molecule has 6 heteroatoms. The molecule has 1 aliphatic heterocycles. The Morgan fingerprint density at radius 1 is 1.10 bits per heavy atom. The molecule has 1 heterocycles. The van der Waals surface area contributed by atoms with Gasteiger partial charge in [-0.05, 0) is 43.9 Å². The fourth-order valence-electron chi connectivity index (χ4n) is 4.05. The number of amides is 2. The Morgan fingerprint density at radius 2 is 1.76 bits per heavy atom. The van der Waals surface area contributed by atoms with E-state index >= 15 is 0 Å².